The molecule has 1 nitrogen and oxygen atoms in total. The number of rotatable bonds is 2. The van der Waals surface area contributed by atoms with Gasteiger partial charge in [0.1, 0.15) is 0 Å². The van der Waals surface area contributed by atoms with Gasteiger partial charge in [0.05, 0.1) is 6.61 Å². The molecule has 0 aliphatic heterocycles. The van der Waals surface area contributed by atoms with E-state index in [4.69, 9.17) is 5.11 Å². The Bertz CT molecular complexity index is 191. The zero-order valence-corrected chi connectivity index (χ0v) is 7.84. The van der Waals surface area contributed by atoms with Crippen LogP contribution in [0.15, 0.2) is 23.8 Å². The summed E-state index contributed by atoms with van der Waals surface area (Å²) in [6, 6.07) is 0. The van der Waals surface area contributed by atoms with Gasteiger partial charge >= 0.3 is 0 Å². The second kappa shape index (κ2) is 4.46. The monoisotopic (exact) mass is 166 g/mol. The van der Waals surface area contributed by atoms with Gasteiger partial charge in [-0.3, -0.25) is 0 Å². The van der Waals surface area contributed by atoms with Crippen molar-refractivity contribution < 1.29 is 5.11 Å². The van der Waals surface area contributed by atoms with Crippen molar-refractivity contribution in [2.24, 2.45) is 5.92 Å². The summed E-state index contributed by atoms with van der Waals surface area (Å²) >= 11 is 0. The molecular weight excluding hydrogens is 148 g/mol. The van der Waals surface area contributed by atoms with Crippen molar-refractivity contribution in [3.8, 4) is 0 Å². The fourth-order valence-corrected chi connectivity index (χ4v) is 1.70. The van der Waals surface area contributed by atoms with Crippen molar-refractivity contribution in [2.45, 2.75) is 32.6 Å². The fraction of sp³-hybridized carbons (Fsp3) is 0.636. The Kier molecular flexibility index (Phi) is 3.54. The molecule has 0 spiro atoms. The van der Waals surface area contributed by atoms with E-state index in [1.54, 1.807) is 0 Å². The highest BCUT2D eigenvalue weighted by Gasteiger charge is 2.12. The van der Waals surface area contributed by atoms with Crippen molar-refractivity contribution in [3.05, 3.63) is 23.8 Å². The van der Waals surface area contributed by atoms with Crippen LogP contribution in [0, 0.1) is 5.92 Å². The Hall–Kier alpha value is -0.560. The zero-order chi connectivity index (χ0) is 8.97. The summed E-state index contributed by atoms with van der Waals surface area (Å²) in [4.78, 5) is 0. The van der Waals surface area contributed by atoms with Crippen LogP contribution in [0.4, 0.5) is 0 Å². The molecule has 0 amide bonds. The molecule has 0 saturated heterocycles. The van der Waals surface area contributed by atoms with Crippen LogP contribution in [0.1, 0.15) is 32.6 Å². The average Bonchev–Trinajstić information content (AvgIpc) is 2.28. The van der Waals surface area contributed by atoms with Crippen LogP contribution in [0.5, 0.6) is 0 Å². The molecular formula is C11H18O. The molecule has 0 saturated carbocycles. The van der Waals surface area contributed by atoms with Crippen LogP contribution in [0.25, 0.3) is 0 Å². The Labute approximate surface area is 74.8 Å². The molecule has 0 radical (unpaired) electrons. The minimum absolute atomic E-state index is 0.239. The van der Waals surface area contributed by atoms with E-state index < -0.39 is 0 Å². The molecule has 12 heavy (non-hydrogen) atoms. The molecule has 0 aromatic heterocycles. The lowest BCUT2D eigenvalue weighted by molar-refractivity contribution is 0.326. The third-order valence-corrected chi connectivity index (χ3v) is 2.64. The standard InChI is InChI=1S/C11H18O/c1-9(2)11-5-3-4-10(8-12)6-7-11/h6,11-12H,1,3-5,7-8H2,2H3. The van der Waals surface area contributed by atoms with Crippen LogP contribution >= 0.6 is 0 Å². The highest BCUT2D eigenvalue weighted by Crippen LogP contribution is 2.26. The molecule has 0 aromatic carbocycles. The van der Waals surface area contributed by atoms with Crippen molar-refractivity contribution >= 4 is 0 Å². The molecule has 1 N–H and O–H groups in total. The lowest BCUT2D eigenvalue weighted by Crippen LogP contribution is -1.97. The van der Waals surface area contributed by atoms with Gasteiger partial charge < -0.3 is 5.11 Å². The fourth-order valence-electron chi connectivity index (χ4n) is 1.70. The molecule has 0 aromatic rings. The van der Waals surface area contributed by atoms with Crippen LogP contribution in [0.2, 0.25) is 0 Å². The van der Waals surface area contributed by atoms with Crippen molar-refractivity contribution in [1.29, 1.82) is 0 Å². The Morgan fingerprint density at radius 3 is 3.08 bits per heavy atom. The van der Waals surface area contributed by atoms with Gasteiger partial charge in [0, 0.05) is 0 Å². The largest absolute Gasteiger partial charge is 0.392 e. The van der Waals surface area contributed by atoms with Crippen LogP contribution in [-0.2, 0) is 0 Å². The summed E-state index contributed by atoms with van der Waals surface area (Å²) in [6.45, 7) is 6.32. The van der Waals surface area contributed by atoms with E-state index in [9.17, 15) is 0 Å². The molecule has 1 heteroatoms. The topological polar surface area (TPSA) is 20.2 Å². The van der Waals surface area contributed by atoms with Crippen LogP contribution in [0.3, 0.4) is 0 Å². The Balaban J connectivity index is 2.53. The number of aliphatic hydroxyl groups is 1. The first-order valence-corrected chi connectivity index (χ1v) is 4.68. The first-order chi connectivity index (χ1) is 5.74. The molecule has 1 unspecified atom stereocenters. The summed E-state index contributed by atoms with van der Waals surface area (Å²) in [6.07, 6.45) is 6.76. The smallest absolute Gasteiger partial charge is 0.0641 e. The average molecular weight is 166 g/mol. The summed E-state index contributed by atoms with van der Waals surface area (Å²) in [5.41, 5.74) is 2.49. The highest BCUT2D eigenvalue weighted by atomic mass is 16.3. The van der Waals surface area contributed by atoms with Gasteiger partial charge in [-0.2, -0.15) is 0 Å². The van der Waals surface area contributed by atoms with Crippen LogP contribution < -0.4 is 0 Å². The quantitative estimate of drug-likeness (QED) is 0.625. The van der Waals surface area contributed by atoms with Crippen molar-refractivity contribution in [2.75, 3.05) is 6.61 Å². The highest BCUT2D eigenvalue weighted by molar-refractivity contribution is 5.09. The second-order valence-corrected chi connectivity index (χ2v) is 3.69. The Morgan fingerprint density at radius 2 is 2.50 bits per heavy atom. The maximum Gasteiger partial charge on any atom is 0.0641 e. The van der Waals surface area contributed by atoms with E-state index in [0.717, 1.165) is 12.8 Å². The molecule has 0 bridgehead atoms. The van der Waals surface area contributed by atoms with Gasteiger partial charge in [0.2, 0.25) is 0 Å². The van der Waals surface area contributed by atoms with E-state index >= 15 is 0 Å². The maximum absolute atomic E-state index is 8.95. The molecule has 0 heterocycles. The van der Waals surface area contributed by atoms with Gasteiger partial charge in [-0.1, -0.05) is 18.2 Å². The molecule has 1 rings (SSSR count). The van der Waals surface area contributed by atoms with Gasteiger partial charge in [0.25, 0.3) is 0 Å². The van der Waals surface area contributed by atoms with E-state index in [-0.39, 0.29) is 6.61 Å². The predicted molar refractivity (Wildman–Crippen MR) is 51.9 cm³/mol. The first kappa shape index (κ1) is 9.53. The molecule has 1 atom stereocenters. The predicted octanol–water partition coefficient (Wildman–Crippen LogP) is 2.67. The lowest BCUT2D eigenvalue weighted by Gasteiger charge is -2.11. The molecule has 0 fully saturated rings. The SMILES string of the molecule is C=C(C)C1CC=C(CO)CCC1. The molecule has 1 aliphatic rings. The number of hydrogen-bond donors (Lipinski definition) is 1. The number of aliphatic hydroxyl groups excluding tert-OH is 1. The summed E-state index contributed by atoms with van der Waals surface area (Å²) in [5, 5.41) is 8.95. The lowest BCUT2D eigenvalue weighted by atomic mass is 9.94. The molecule has 1 aliphatic carbocycles. The van der Waals surface area contributed by atoms with Gasteiger partial charge in [-0.15, -0.1) is 0 Å². The molecule has 68 valence electrons. The third kappa shape index (κ3) is 2.49. The first-order valence-electron chi connectivity index (χ1n) is 4.68. The summed E-state index contributed by atoms with van der Waals surface area (Å²) < 4.78 is 0. The van der Waals surface area contributed by atoms with Crippen LogP contribution in [-0.4, -0.2) is 11.7 Å². The van der Waals surface area contributed by atoms with E-state index in [0.29, 0.717) is 5.92 Å². The Morgan fingerprint density at radius 1 is 1.75 bits per heavy atom. The van der Waals surface area contributed by atoms with Gasteiger partial charge in [-0.05, 0) is 44.1 Å². The van der Waals surface area contributed by atoms with E-state index in [1.165, 1.54) is 24.0 Å². The minimum Gasteiger partial charge on any atom is -0.392 e. The number of allylic oxidation sites excluding steroid dienone is 2. The van der Waals surface area contributed by atoms with Crippen molar-refractivity contribution in [3.63, 3.8) is 0 Å². The van der Waals surface area contributed by atoms with Gasteiger partial charge in [-0.25, -0.2) is 0 Å². The third-order valence-electron chi connectivity index (χ3n) is 2.64. The number of hydrogen-bond acceptors (Lipinski definition) is 1. The van der Waals surface area contributed by atoms with E-state index in [2.05, 4.69) is 19.6 Å². The zero-order valence-electron chi connectivity index (χ0n) is 7.84. The maximum atomic E-state index is 8.95. The summed E-state index contributed by atoms with van der Waals surface area (Å²) in [5.74, 6) is 0.647. The van der Waals surface area contributed by atoms with Gasteiger partial charge in [0.15, 0.2) is 0 Å². The normalized spacial score (nSPS) is 24.5. The van der Waals surface area contributed by atoms with E-state index in [1.807, 2.05) is 0 Å². The van der Waals surface area contributed by atoms with Crippen molar-refractivity contribution in [1.82, 2.24) is 0 Å². The summed E-state index contributed by atoms with van der Waals surface area (Å²) in [7, 11) is 0. The minimum atomic E-state index is 0.239. The second-order valence-electron chi connectivity index (χ2n) is 3.69.